The topological polar surface area (TPSA) is 75.2 Å². The van der Waals surface area contributed by atoms with Gasteiger partial charge in [-0.25, -0.2) is 4.39 Å². The number of nitrogens with one attached hydrogen (secondary N) is 1. The summed E-state index contributed by atoms with van der Waals surface area (Å²) in [6.45, 7) is 3.78. The third kappa shape index (κ3) is 4.38. The quantitative estimate of drug-likeness (QED) is 0.763. The zero-order chi connectivity index (χ0) is 20.1. The van der Waals surface area contributed by atoms with Crippen molar-refractivity contribution < 1.29 is 14.0 Å². The third-order valence-electron chi connectivity index (χ3n) is 5.31. The second-order valence-electron chi connectivity index (χ2n) is 7.17. The third-order valence-corrected chi connectivity index (χ3v) is 5.81. The molecular formula is C20H25FN4O2S. The van der Waals surface area contributed by atoms with Gasteiger partial charge in [-0.15, -0.1) is 5.10 Å². The molecule has 150 valence electrons. The van der Waals surface area contributed by atoms with Crippen LogP contribution in [0.5, 0.6) is 0 Å². The minimum absolute atomic E-state index is 0.0663. The fourth-order valence-corrected chi connectivity index (χ4v) is 4.05. The highest BCUT2D eigenvalue weighted by Gasteiger charge is 2.38. The second kappa shape index (κ2) is 9.23. The Morgan fingerprint density at radius 1 is 1.32 bits per heavy atom. The average molecular weight is 405 g/mol. The number of rotatable bonds is 7. The number of hydrogen-bond acceptors (Lipinski definition) is 5. The Balaban J connectivity index is 2.02. The Hall–Kier alpha value is -2.35. The molecule has 2 aromatic rings. The lowest BCUT2D eigenvalue weighted by Gasteiger charge is -2.36. The monoisotopic (exact) mass is 404 g/mol. The van der Waals surface area contributed by atoms with E-state index in [2.05, 4.69) is 14.9 Å². The summed E-state index contributed by atoms with van der Waals surface area (Å²) >= 11 is 1.07. The van der Waals surface area contributed by atoms with Gasteiger partial charge in [-0.05, 0) is 43.8 Å². The molecule has 0 spiro atoms. The van der Waals surface area contributed by atoms with Crippen molar-refractivity contribution in [3.05, 3.63) is 46.7 Å². The number of benzene rings is 1. The molecule has 1 heterocycles. The number of halogens is 1. The summed E-state index contributed by atoms with van der Waals surface area (Å²) in [5.41, 5.74) is 0.357. The van der Waals surface area contributed by atoms with Crippen molar-refractivity contribution >= 4 is 23.3 Å². The average Bonchev–Trinajstić information content (AvgIpc) is 3.40. The fraction of sp³-hybridized carbons (Fsp3) is 0.500. The molecule has 8 heteroatoms. The van der Waals surface area contributed by atoms with E-state index in [1.807, 2.05) is 13.8 Å². The first-order valence-electron chi connectivity index (χ1n) is 9.67. The normalized spacial score (nSPS) is 16.5. The van der Waals surface area contributed by atoms with Crippen LogP contribution in [-0.2, 0) is 4.79 Å². The van der Waals surface area contributed by atoms with Crippen molar-refractivity contribution in [2.24, 2.45) is 0 Å². The summed E-state index contributed by atoms with van der Waals surface area (Å²) in [7, 11) is 0. The van der Waals surface area contributed by atoms with Crippen LogP contribution >= 0.6 is 11.5 Å². The summed E-state index contributed by atoms with van der Waals surface area (Å²) in [6, 6.07) is 4.85. The van der Waals surface area contributed by atoms with Crippen molar-refractivity contribution in [2.75, 3.05) is 0 Å². The molecule has 1 saturated carbocycles. The van der Waals surface area contributed by atoms with Crippen LogP contribution in [0.3, 0.4) is 0 Å². The first kappa shape index (κ1) is 20.4. The van der Waals surface area contributed by atoms with Gasteiger partial charge in [0.25, 0.3) is 5.91 Å². The minimum atomic E-state index is -1.06. The molecule has 2 amide bonds. The Morgan fingerprint density at radius 2 is 2.04 bits per heavy atom. The maximum Gasteiger partial charge on any atom is 0.276 e. The van der Waals surface area contributed by atoms with Gasteiger partial charge in [0.15, 0.2) is 5.69 Å². The maximum absolute atomic E-state index is 14.7. The van der Waals surface area contributed by atoms with Gasteiger partial charge < -0.3 is 10.2 Å². The summed E-state index contributed by atoms with van der Waals surface area (Å²) < 4.78 is 18.5. The van der Waals surface area contributed by atoms with Crippen LogP contribution < -0.4 is 5.32 Å². The van der Waals surface area contributed by atoms with Crippen LogP contribution in [0.2, 0.25) is 0 Å². The molecule has 2 atom stereocenters. The highest BCUT2D eigenvalue weighted by atomic mass is 32.1. The number of hydrogen-bond donors (Lipinski definition) is 1. The van der Waals surface area contributed by atoms with Gasteiger partial charge in [0.2, 0.25) is 5.91 Å². The molecule has 1 aliphatic carbocycles. The predicted molar refractivity (Wildman–Crippen MR) is 105 cm³/mol. The largest absolute Gasteiger partial charge is 0.351 e. The lowest BCUT2D eigenvalue weighted by atomic mass is 9.99. The number of carbonyl (C=O) groups is 2. The van der Waals surface area contributed by atoms with Gasteiger partial charge >= 0.3 is 0 Å². The van der Waals surface area contributed by atoms with E-state index in [4.69, 9.17) is 0 Å². The summed E-state index contributed by atoms with van der Waals surface area (Å²) in [4.78, 5) is 27.9. The molecule has 3 rings (SSSR count). The molecule has 1 aromatic carbocycles. The van der Waals surface area contributed by atoms with Crippen LogP contribution in [0.25, 0.3) is 0 Å². The van der Waals surface area contributed by atoms with Crippen LogP contribution in [0.15, 0.2) is 29.6 Å². The molecule has 0 bridgehead atoms. The van der Waals surface area contributed by atoms with Gasteiger partial charge in [-0.2, -0.15) is 0 Å². The van der Waals surface area contributed by atoms with Crippen LogP contribution in [0.4, 0.5) is 4.39 Å². The zero-order valence-corrected chi connectivity index (χ0v) is 16.9. The molecule has 1 aromatic heterocycles. The van der Waals surface area contributed by atoms with Crippen LogP contribution in [0.1, 0.15) is 68.0 Å². The first-order valence-corrected chi connectivity index (χ1v) is 10.5. The van der Waals surface area contributed by atoms with E-state index >= 15 is 0 Å². The Bertz CT molecular complexity index is 808. The molecule has 0 saturated heterocycles. The minimum Gasteiger partial charge on any atom is -0.351 e. The lowest BCUT2D eigenvalue weighted by molar-refractivity contribution is -0.127. The second-order valence-corrected chi connectivity index (χ2v) is 7.78. The molecule has 1 fully saturated rings. The molecule has 1 N–H and O–H groups in total. The van der Waals surface area contributed by atoms with E-state index in [9.17, 15) is 14.0 Å². The molecule has 28 heavy (non-hydrogen) atoms. The summed E-state index contributed by atoms with van der Waals surface area (Å²) in [5.74, 6) is -1.28. The van der Waals surface area contributed by atoms with Crippen molar-refractivity contribution in [3.8, 4) is 0 Å². The summed E-state index contributed by atoms with van der Waals surface area (Å²) in [5, 5.41) is 8.44. The highest BCUT2D eigenvalue weighted by Crippen LogP contribution is 2.29. The van der Waals surface area contributed by atoms with Crippen molar-refractivity contribution in [3.63, 3.8) is 0 Å². The van der Waals surface area contributed by atoms with Gasteiger partial charge in [0.05, 0.1) is 0 Å². The van der Waals surface area contributed by atoms with Crippen molar-refractivity contribution in [1.29, 1.82) is 0 Å². The molecule has 6 nitrogen and oxygen atoms in total. The van der Waals surface area contributed by atoms with Gasteiger partial charge in [0.1, 0.15) is 11.9 Å². The number of aromatic nitrogens is 2. The standard InChI is InChI=1S/C20H25FN4O2S/c1-3-13(2)25(20(27)17-12-28-24-23-17)18(15-10-6-7-11-16(15)21)19(26)22-14-8-4-5-9-14/h6-7,10-14,18H,3-5,8-9H2,1-2H3,(H,22,26)/t13-,18+/m0/s1. The first-order chi connectivity index (χ1) is 13.5. The van der Waals surface area contributed by atoms with E-state index in [1.165, 1.54) is 11.0 Å². The molecular weight excluding hydrogens is 379 g/mol. The van der Waals surface area contributed by atoms with E-state index < -0.39 is 17.8 Å². The fourth-order valence-electron chi connectivity index (χ4n) is 3.62. The molecule has 0 radical (unpaired) electrons. The predicted octanol–water partition coefficient (Wildman–Crippen LogP) is 3.72. The molecule has 0 aliphatic heterocycles. The highest BCUT2D eigenvalue weighted by molar-refractivity contribution is 7.03. The lowest BCUT2D eigenvalue weighted by Crippen LogP contribution is -2.49. The maximum atomic E-state index is 14.7. The van der Waals surface area contributed by atoms with E-state index in [-0.39, 0.29) is 29.2 Å². The Kier molecular flexibility index (Phi) is 6.72. The van der Waals surface area contributed by atoms with Crippen LogP contribution in [-0.4, -0.2) is 38.4 Å². The number of carbonyl (C=O) groups excluding carboxylic acids is 2. The Morgan fingerprint density at radius 3 is 2.64 bits per heavy atom. The number of amides is 2. The Labute approximate surface area is 168 Å². The van der Waals surface area contributed by atoms with Crippen molar-refractivity contribution in [2.45, 2.75) is 64.1 Å². The summed E-state index contributed by atoms with van der Waals surface area (Å²) in [6.07, 6.45) is 4.55. The van der Waals surface area contributed by atoms with E-state index in [0.717, 1.165) is 37.2 Å². The smallest absolute Gasteiger partial charge is 0.276 e. The van der Waals surface area contributed by atoms with Crippen LogP contribution in [0, 0.1) is 5.82 Å². The van der Waals surface area contributed by atoms with Gasteiger partial charge in [0, 0.05) is 23.0 Å². The molecule has 1 aliphatic rings. The van der Waals surface area contributed by atoms with E-state index in [0.29, 0.717) is 6.42 Å². The SMILES string of the molecule is CC[C@H](C)N(C(=O)c1csnn1)[C@@H](C(=O)NC1CCCC1)c1ccccc1F. The molecule has 0 unspecified atom stereocenters. The van der Waals surface area contributed by atoms with E-state index in [1.54, 1.807) is 23.6 Å². The van der Waals surface area contributed by atoms with Gasteiger partial charge in [-0.3, -0.25) is 9.59 Å². The van der Waals surface area contributed by atoms with Crippen molar-refractivity contribution in [1.82, 2.24) is 19.8 Å². The van der Waals surface area contributed by atoms with Gasteiger partial charge in [-0.1, -0.05) is 42.5 Å². The zero-order valence-electron chi connectivity index (χ0n) is 16.1. The number of nitrogens with zero attached hydrogens (tertiary/aromatic N) is 3.